The molecule has 47 heavy (non-hydrogen) atoms. The van der Waals surface area contributed by atoms with Crippen LogP contribution in [0.2, 0.25) is 0 Å². The molecule has 0 amide bonds. The molecule has 2 heterocycles. The first kappa shape index (κ1) is 27.3. The predicted molar refractivity (Wildman–Crippen MR) is 192 cm³/mol. The zero-order valence-electron chi connectivity index (χ0n) is 26.1. The molecule has 0 N–H and O–H groups in total. The third-order valence-corrected chi connectivity index (χ3v) is 9.51. The highest BCUT2D eigenvalue weighted by atomic mass is 15.0. The molecule has 0 saturated heterocycles. The van der Waals surface area contributed by atoms with E-state index >= 15 is 0 Å². The van der Waals surface area contributed by atoms with E-state index in [0.29, 0.717) is 17.5 Å². The lowest BCUT2D eigenvalue weighted by Gasteiger charge is -2.23. The first-order chi connectivity index (χ1) is 23.0. The molecule has 0 unspecified atom stereocenters. The van der Waals surface area contributed by atoms with Crippen LogP contribution in [0.1, 0.15) is 25.0 Å². The fraction of sp³-hybridized carbons (Fsp3) is 0.0698. The molecule has 222 valence electrons. The Bertz CT molecular complexity index is 2390. The van der Waals surface area contributed by atoms with Crippen LogP contribution in [0, 0.1) is 0 Å². The Kier molecular flexibility index (Phi) is 6.12. The van der Waals surface area contributed by atoms with Crippen molar-refractivity contribution in [3.8, 4) is 56.5 Å². The van der Waals surface area contributed by atoms with Crippen LogP contribution in [-0.4, -0.2) is 19.9 Å². The van der Waals surface area contributed by atoms with Crippen LogP contribution in [0.15, 0.2) is 146 Å². The second kappa shape index (κ2) is 10.5. The third-order valence-electron chi connectivity index (χ3n) is 9.51. The molecule has 0 spiro atoms. The van der Waals surface area contributed by atoms with Gasteiger partial charge in [0.1, 0.15) is 0 Å². The van der Waals surface area contributed by atoms with Crippen LogP contribution in [0.4, 0.5) is 0 Å². The highest BCUT2D eigenvalue weighted by Crippen LogP contribution is 2.51. The van der Waals surface area contributed by atoms with Gasteiger partial charge >= 0.3 is 0 Å². The SMILES string of the molecule is CC1(C)c2cc(-c3ccc(-c4nc(-c5ccccc5)nc(-c5ccccc5)n4)cc3)cc3ccc4cc(-c5ccccn5)cc1c4c23. The lowest BCUT2D eigenvalue weighted by Crippen LogP contribution is -2.15. The first-order valence-corrected chi connectivity index (χ1v) is 16.0. The summed E-state index contributed by atoms with van der Waals surface area (Å²) in [7, 11) is 0. The van der Waals surface area contributed by atoms with Gasteiger partial charge < -0.3 is 0 Å². The van der Waals surface area contributed by atoms with E-state index in [9.17, 15) is 0 Å². The Balaban J connectivity index is 1.12. The van der Waals surface area contributed by atoms with Crippen molar-refractivity contribution in [1.82, 2.24) is 19.9 Å². The molecule has 0 atom stereocenters. The molecule has 0 fully saturated rings. The number of pyridine rings is 1. The predicted octanol–water partition coefficient (Wildman–Crippen LogP) is 10.5. The monoisotopic (exact) mass is 602 g/mol. The molecular formula is C43H30N4. The van der Waals surface area contributed by atoms with Crippen LogP contribution in [0.5, 0.6) is 0 Å². The van der Waals surface area contributed by atoms with Crippen LogP contribution in [-0.2, 0) is 5.41 Å². The summed E-state index contributed by atoms with van der Waals surface area (Å²) in [6.07, 6.45) is 1.87. The topological polar surface area (TPSA) is 51.6 Å². The van der Waals surface area contributed by atoms with Crippen molar-refractivity contribution in [2.75, 3.05) is 0 Å². The lowest BCUT2D eigenvalue weighted by atomic mass is 9.80. The van der Waals surface area contributed by atoms with Gasteiger partial charge in [0.2, 0.25) is 0 Å². The van der Waals surface area contributed by atoms with Crippen LogP contribution < -0.4 is 0 Å². The molecule has 1 aliphatic carbocycles. The number of aromatic nitrogens is 4. The molecule has 0 aliphatic heterocycles. The highest BCUT2D eigenvalue weighted by Gasteiger charge is 2.35. The minimum atomic E-state index is -0.145. The molecule has 2 aromatic heterocycles. The summed E-state index contributed by atoms with van der Waals surface area (Å²) in [6, 6.07) is 48.8. The second-order valence-electron chi connectivity index (χ2n) is 12.8. The zero-order valence-corrected chi connectivity index (χ0v) is 26.1. The largest absolute Gasteiger partial charge is 0.256 e. The molecule has 0 saturated carbocycles. The van der Waals surface area contributed by atoms with Crippen molar-refractivity contribution in [2.45, 2.75) is 19.3 Å². The van der Waals surface area contributed by atoms with Gasteiger partial charge in [-0.15, -0.1) is 0 Å². The number of hydrogen-bond donors (Lipinski definition) is 0. The Morgan fingerprint density at radius 3 is 1.40 bits per heavy atom. The second-order valence-corrected chi connectivity index (χ2v) is 12.8. The van der Waals surface area contributed by atoms with E-state index in [2.05, 4.69) is 91.6 Å². The summed E-state index contributed by atoms with van der Waals surface area (Å²) in [5, 5.41) is 5.26. The van der Waals surface area contributed by atoms with Crippen LogP contribution in [0.25, 0.3) is 78.1 Å². The molecule has 0 bridgehead atoms. The van der Waals surface area contributed by atoms with Gasteiger partial charge in [-0.05, 0) is 80.2 Å². The third kappa shape index (κ3) is 4.52. The van der Waals surface area contributed by atoms with E-state index in [1.165, 1.54) is 38.2 Å². The van der Waals surface area contributed by atoms with Crippen molar-refractivity contribution in [3.05, 3.63) is 157 Å². The Morgan fingerprint density at radius 2 is 0.872 bits per heavy atom. The fourth-order valence-corrected chi connectivity index (χ4v) is 7.06. The minimum Gasteiger partial charge on any atom is -0.256 e. The number of benzene rings is 6. The Morgan fingerprint density at radius 1 is 0.404 bits per heavy atom. The van der Waals surface area contributed by atoms with E-state index in [4.69, 9.17) is 15.0 Å². The number of rotatable bonds is 5. The average molecular weight is 603 g/mol. The molecule has 4 nitrogen and oxygen atoms in total. The maximum atomic E-state index is 4.92. The molecule has 4 heteroatoms. The number of nitrogens with zero attached hydrogens (tertiary/aromatic N) is 4. The van der Waals surface area contributed by atoms with Crippen molar-refractivity contribution in [1.29, 1.82) is 0 Å². The van der Waals surface area contributed by atoms with E-state index in [1.54, 1.807) is 0 Å². The van der Waals surface area contributed by atoms with Crippen LogP contribution >= 0.6 is 0 Å². The molecular weight excluding hydrogens is 573 g/mol. The smallest absolute Gasteiger partial charge is 0.164 e. The normalized spacial score (nSPS) is 13.1. The Hall–Kier alpha value is -6.00. The van der Waals surface area contributed by atoms with Gasteiger partial charge in [0.15, 0.2) is 17.5 Å². The van der Waals surface area contributed by atoms with Crippen molar-refractivity contribution >= 4 is 21.5 Å². The van der Waals surface area contributed by atoms with Gasteiger partial charge in [-0.25, -0.2) is 15.0 Å². The molecule has 1 aliphatic rings. The van der Waals surface area contributed by atoms with Gasteiger partial charge in [0.05, 0.1) is 5.69 Å². The van der Waals surface area contributed by atoms with Crippen molar-refractivity contribution in [2.24, 2.45) is 0 Å². The molecule has 6 aromatic carbocycles. The van der Waals surface area contributed by atoms with E-state index in [0.717, 1.165) is 33.5 Å². The Labute approximate surface area is 273 Å². The average Bonchev–Trinajstić information content (AvgIpc) is 3.37. The summed E-state index contributed by atoms with van der Waals surface area (Å²) < 4.78 is 0. The summed E-state index contributed by atoms with van der Waals surface area (Å²) in [5.74, 6) is 1.98. The van der Waals surface area contributed by atoms with Gasteiger partial charge in [0, 0.05) is 33.9 Å². The van der Waals surface area contributed by atoms with Crippen molar-refractivity contribution < 1.29 is 0 Å². The molecule has 8 aromatic rings. The van der Waals surface area contributed by atoms with Gasteiger partial charge in [-0.1, -0.05) is 117 Å². The lowest BCUT2D eigenvalue weighted by molar-refractivity contribution is 0.663. The highest BCUT2D eigenvalue weighted by molar-refractivity contribution is 6.16. The van der Waals surface area contributed by atoms with Gasteiger partial charge in [-0.2, -0.15) is 0 Å². The van der Waals surface area contributed by atoms with Gasteiger partial charge in [0.25, 0.3) is 0 Å². The molecule has 0 radical (unpaired) electrons. The van der Waals surface area contributed by atoms with E-state index in [1.807, 2.05) is 72.9 Å². The van der Waals surface area contributed by atoms with Crippen LogP contribution in [0.3, 0.4) is 0 Å². The van der Waals surface area contributed by atoms with Crippen molar-refractivity contribution in [3.63, 3.8) is 0 Å². The summed E-state index contributed by atoms with van der Waals surface area (Å²) in [6.45, 7) is 4.70. The zero-order chi connectivity index (χ0) is 31.5. The summed E-state index contributed by atoms with van der Waals surface area (Å²) in [5.41, 5.74) is 9.99. The number of hydrogen-bond acceptors (Lipinski definition) is 4. The first-order valence-electron chi connectivity index (χ1n) is 16.0. The maximum absolute atomic E-state index is 4.92. The van der Waals surface area contributed by atoms with Gasteiger partial charge in [-0.3, -0.25) is 4.98 Å². The fourth-order valence-electron chi connectivity index (χ4n) is 7.06. The molecule has 9 rings (SSSR count). The van der Waals surface area contributed by atoms with E-state index < -0.39 is 0 Å². The standard InChI is InChI=1S/C43H30N4/c1-43(2)35-25-33(23-31-20-21-32-24-34(37-15-9-10-22-44-37)26-36(43)39(32)38(31)35)27-16-18-30(19-17-27)42-46-40(28-11-5-3-6-12-28)45-41(47-42)29-13-7-4-8-14-29/h3-26H,1-2H3. The van der Waals surface area contributed by atoms with E-state index in [-0.39, 0.29) is 5.41 Å². The summed E-state index contributed by atoms with van der Waals surface area (Å²) in [4.78, 5) is 19.3. The maximum Gasteiger partial charge on any atom is 0.164 e. The quantitative estimate of drug-likeness (QED) is 0.184. The minimum absolute atomic E-state index is 0.145. The summed E-state index contributed by atoms with van der Waals surface area (Å²) >= 11 is 0.